The van der Waals surface area contributed by atoms with E-state index in [0.29, 0.717) is 0 Å². The highest BCUT2D eigenvalue weighted by molar-refractivity contribution is 6.81. The monoisotopic (exact) mass is 266 g/mol. The molecular weight excluding hydrogens is 232 g/mol. The highest BCUT2D eigenvalue weighted by Gasteiger charge is 2.38. The predicted molar refractivity (Wildman–Crippen MR) is 87.0 cm³/mol. The lowest BCUT2D eigenvalue weighted by Gasteiger charge is -2.37. The van der Waals surface area contributed by atoms with Gasteiger partial charge in [0.05, 0.1) is 8.07 Å². The zero-order valence-corrected chi connectivity index (χ0v) is 14.0. The molecule has 1 aliphatic rings. The van der Waals surface area contributed by atoms with Gasteiger partial charge >= 0.3 is 0 Å². The van der Waals surface area contributed by atoms with Gasteiger partial charge in [-0.1, -0.05) is 89.6 Å². The van der Waals surface area contributed by atoms with E-state index in [2.05, 4.69) is 32.9 Å². The van der Waals surface area contributed by atoms with Crippen LogP contribution in [0.4, 0.5) is 0 Å². The molecule has 0 nitrogen and oxygen atoms in total. The van der Waals surface area contributed by atoms with E-state index in [0.717, 1.165) is 5.54 Å². The topological polar surface area (TPSA) is 0 Å². The van der Waals surface area contributed by atoms with Crippen molar-refractivity contribution in [3.8, 4) is 0 Å². The van der Waals surface area contributed by atoms with E-state index in [9.17, 15) is 0 Å². The Kier molecular flexibility index (Phi) is 7.97. The number of allylic oxidation sites excluding steroid dienone is 2. The van der Waals surface area contributed by atoms with Crippen LogP contribution in [0.1, 0.15) is 72.1 Å². The normalized spacial score (nSPS) is 19.6. The highest BCUT2D eigenvalue weighted by Crippen LogP contribution is 2.44. The largest absolute Gasteiger partial charge is 0.0885 e. The molecule has 0 amide bonds. The van der Waals surface area contributed by atoms with Crippen molar-refractivity contribution >= 4 is 8.07 Å². The first-order valence-electron chi connectivity index (χ1n) is 8.45. The number of unbranched alkanes of at least 4 members (excludes halogenated alkanes) is 3. The van der Waals surface area contributed by atoms with Crippen molar-refractivity contribution in [1.29, 1.82) is 0 Å². The van der Waals surface area contributed by atoms with Crippen LogP contribution in [0.2, 0.25) is 23.7 Å². The molecule has 1 rings (SSSR count). The van der Waals surface area contributed by atoms with Gasteiger partial charge in [0.2, 0.25) is 0 Å². The van der Waals surface area contributed by atoms with Crippen LogP contribution in [-0.4, -0.2) is 8.07 Å². The first-order chi connectivity index (χ1) is 8.79. The Morgan fingerprint density at radius 2 is 1.39 bits per heavy atom. The number of hydrogen-bond acceptors (Lipinski definition) is 0. The summed E-state index contributed by atoms with van der Waals surface area (Å²) in [5.41, 5.74) is 1.03. The second-order valence-corrected chi connectivity index (χ2v) is 11.3. The molecule has 1 atom stereocenters. The maximum Gasteiger partial charge on any atom is 0.0605 e. The van der Waals surface area contributed by atoms with Crippen molar-refractivity contribution in [1.82, 2.24) is 0 Å². The zero-order chi connectivity index (χ0) is 13.3. The van der Waals surface area contributed by atoms with Crippen LogP contribution < -0.4 is 0 Å². The SMILES string of the molecule is CCCC[Si](CCCC)(CCCC)C1C=CCC1. The average Bonchev–Trinajstić information content (AvgIpc) is 2.93. The Morgan fingerprint density at radius 3 is 1.72 bits per heavy atom. The van der Waals surface area contributed by atoms with E-state index in [1.165, 1.54) is 51.4 Å². The lowest BCUT2D eigenvalue weighted by molar-refractivity contribution is 0.752. The Balaban J connectivity index is 2.72. The summed E-state index contributed by atoms with van der Waals surface area (Å²) in [6.45, 7) is 7.09. The lowest BCUT2D eigenvalue weighted by Crippen LogP contribution is -2.38. The van der Waals surface area contributed by atoms with Crippen LogP contribution in [0.15, 0.2) is 12.2 Å². The molecule has 0 aromatic rings. The van der Waals surface area contributed by atoms with Crippen molar-refractivity contribution in [3.63, 3.8) is 0 Å². The molecule has 0 aromatic heterocycles. The molecule has 0 aromatic carbocycles. The van der Waals surface area contributed by atoms with Gasteiger partial charge in [0.25, 0.3) is 0 Å². The highest BCUT2D eigenvalue weighted by atomic mass is 28.3. The third-order valence-electron chi connectivity index (χ3n) is 4.88. The third kappa shape index (κ3) is 4.57. The molecular formula is C17H34Si. The van der Waals surface area contributed by atoms with Gasteiger partial charge in [-0.2, -0.15) is 0 Å². The van der Waals surface area contributed by atoms with Gasteiger partial charge in [-0.3, -0.25) is 0 Å². The minimum absolute atomic E-state index is 1.01. The Labute approximate surface area is 116 Å². The summed E-state index contributed by atoms with van der Waals surface area (Å²) in [5, 5.41) is 0. The third-order valence-corrected chi connectivity index (χ3v) is 11.0. The van der Waals surface area contributed by atoms with Gasteiger partial charge in [-0.25, -0.2) is 0 Å². The van der Waals surface area contributed by atoms with Gasteiger partial charge < -0.3 is 0 Å². The van der Waals surface area contributed by atoms with E-state index in [-0.39, 0.29) is 0 Å². The molecule has 1 heteroatoms. The summed E-state index contributed by atoms with van der Waals surface area (Å²) in [4.78, 5) is 0. The van der Waals surface area contributed by atoms with E-state index < -0.39 is 8.07 Å². The molecule has 0 fully saturated rings. The molecule has 0 aliphatic heterocycles. The Hall–Kier alpha value is -0.0431. The molecule has 0 N–H and O–H groups in total. The maximum absolute atomic E-state index is 2.62. The van der Waals surface area contributed by atoms with Crippen LogP contribution in [0.25, 0.3) is 0 Å². The van der Waals surface area contributed by atoms with E-state index in [1.54, 1.807) is 18.1 Å². The summed E-state index contributed by atoms with van der Waals surface area (Å²) in [5.74, 6) is 0. The molecule has 0 heterocycles. The molecule has 18 heavy (non-hydrogen) atoms. The van der Waals surface area contributed by atoms with Crippen molar-refractivity contribution in [2.24, 2.45) is 0 Å². The maximum atomic E-state index is 2.62. The zero-order valence-electron chi connectivity index (χ0n) is 13.0. The fraction of sp³-hybridized carbons (Fsp3) is 0.882. The molecule has 0 spiro atoms. The first kappa shape index (κ1) is 16.0. The summed E-state index contributed by atoms with van der Waals surface area (Å²) in [6, 6.07) is 4.83. The predicted octanol–water partition coefficient (Wildman–Crippen LogP) is 6.56. The number of hydrogen-bond donors (Lipinski definition) is 0. The van der Waals surface area contributed by atoms with Crippen LogP contribution in [0, 0.1) is 0 Å². The van der Waals surface area contributed by atoms with Crippen molar-refractivity contribution in [3.05, 3.63) is 12.2 Å². The quantitative estimate of drug-likeness (QED) is 0.310. The molecule has 1 aliphatic carbocycles. The molecule has 106 valence electrons. The summed E-state index contributed by atoms with van der Waals surface area (Å²) in [6.07, 6.45) is 16.6. The minimum atomic E-state index is -1.01. The molecule has 0 bridgehead atoms. The van der Waals surface area contributed by atoms with E-state index >= 15 is 0 Å². The second-order valence-electron chi connectivity index (χ2n) is 6.29. The molecule has 0 saturated carbocycles. The van der Waals surface area contributed by atoms with E-state index in [4.69, 9.17) is 0 Å². The smallest absolute Gasteiger partial charge is 0.0605 e. The molecule has 1 unspecified atom stereocenters. The summed E-state index contributed by atoms with van der Waals surface area (Å²) < 4.78 is 0. The van der Waals surface area contributed by atoms with Crippen molar-refractivity contribution in [2.45, 2.75) is 95.8 Å². The Bertz CT molecular complexity index is 210. The fourth-order valence-electron chi connectivity index (χ4n) is 3.66. The van der Waals surface area contributed by atoms with Crippen LogP contribution >= 0.6 is 0 Å². The van der Waals surface area contributed by atoms with Gasteiger partial charge in [0.1, 0.15) is 0 Å². The minimum Gasteiger partial charge on any atom is -0.0885 e. The Morgan fingerprint density at radius 1 is 0.889 bits per heavy atom. The lowest BCUT2D eigenvalue weighted by atomic mass is 10.3. The van der Waals surface area contributed by atoms with Gasteiger partial charge in [0, 0.05) is 0 Å². The van der Waals surface area contributed by atoms with E-state index in [1.807, 2.05) is 0 Å². The van der Waals surface area contributed by atoms with Crippen LogP contribution in [0.5, 0.6) is 0 Å². The molecule has 0 saturated heterocycles. The van der Waals surface area contributed by atoms with Crippen LogP contribution in [0.3, 0.4) is 0 Å². The van der Waals surface area contributed by atoms with Crippen LogP contribution in [-0.2, 0) is 0 Å². The van der Waals surface area contributed by atoms with Gasteiger partial charge in [-0.05, 0) is 18.4 Å². The van der Waals surface area contributed by atoms with Crippen molar-refractivity contribution < 1.29 is 0 Å². The molecule has 0 radical (unpaired) electrons. The van der Waals surface area contributed by atoms with Gasteiger partial charge in [0.15, 0.2) is 0 Å². The first-order valence-corrected chi connectivity index (χ1v) is 11.2. The van der Waals surface area contributed by atoms with Gasteiger partial charge in [-0.15, -0.1) is 0 Å². The number of rotatable bonds is 10. The second kappa shape index (κ2) is 8.96. The average molecular weight is 267 g/mol. The summed E-state index contributed by atoms with van der Waals surface area (Å²) >= 11 is 0. The summed E-state index contributed by atoms with van der Waals surface area (Å²) in [7, 11) is -1.01. The van der Waals surface area contributed by atoms with Crippen molar-refractivity contribution in [2.75, 3.05) is 0 Å². The fourth-order valence-corrected chi connectivity index (χ4v) is 10.0. The standard InChI is InChI=1S/C17H34Si/c1-4-7-14-18(15-8-5-2,16-9-6-3)17-12-10-11-13-17/h10,12,17H,4-9,11,13-16H2,1-3H3.